The molecule has 3 heteroatoms. The lowest BCUT2D eigenvalue weighted by molar-refractivity contribution is 0.238. The summed E-state index contributed by atoms with van der Waals surface area (Å²) in [5, 5.41) is 3.28. The SMILES string of the molecule is [CH]CCNCc1ccc(OCCN2CCCC2)cc1. The van der Waals surface area contributed by atoms with Crippen molar-refractivity contribution in [2.45, 2.75) is 25.8 Å². The molecule has 0 amide bonds. The van der Waals surface area contributed by atoms with Crippen LogP contribution in [-0.4, -0.2) is 37.7 Å². The van der Waals surface area contributed by atoms with Crippen LogP contribution in [0, 0.1) is 6.92 Å². The molecule has 0 bridgehead atoms. The van der Waals surface area contributed by atoms with Gasteiger partial charge in [-0.2, -0.15) is 0 Å². The lowest BCUT2D eigenvalue weighted by Crippen LogP contribution is -2.25. The number of hydrogen-bond donors (Lipinski definition) is 1. The first-order chi connectivity index (χ1) is 9.38. The van der Waals surface area contributed by atoms with Crippen LogP contribution in [0.25, 0.3) is 0 Å². The highest BCUT2D eigenvalue weighted by Gasteiger charge is 2.10. The van der Waals surface area contributed by atoms with E-state index in [9.17, 15) is 0 Å². The van der Waals surface area contributed by atoms with Crippen LogP contribution < -0.4 is 10.1 Å². The fourth-order valence-corrected chi connectivity index (χ4v) is 2.34. The minimum Gasteiger partial charge on any atom is -0.492 e. The van der Waals surface area contributed by atoms with E-state index in [1.807, 2.05) is 12.1 Å². The van der Waals surface area contributed by atoms with Crippen molar-refractivity contribution in [2.75, 3.05) is 32.8 Å². The maximum atomic E-state index is 5.77. The zero-order chi connectivity index (χ0) is 13.3. The molecule has 1 heterocycles. The van der Waals surface area contributed by atoms with Gasteiger partial charge in [0.1, 0.15) is 12.4 Å². The number of nitrogens with one attached hydrogen (secondary N) is 1. The fraction of sp³-hybridized carbons (Fsp3) is 0.562. The Kier molecular flexibility index (Phi) is 6.18. The number of ether oxygens (including phenoxy) is 1. The van der Waals surface area contributed by atoms with E-state index in [4.69, 9.17) is 11.7 Å². The maximum absolute atomic E-state index is 5.77. The van der Waals surface area contributed by atoms with E-state index >= 15 is 0 Å². The summed E-state index contributed by atoms with van der Waals surface area (Å²) in [6, 6.07) is 8.30. The molecule has 0 atom stereocenters. The number of rotatable bonds is 8. The Balaban J connectivity index is 1.66. The van der Waals surface area contributed by atoms with E-state index in [1.54, 1.807) is 0 Å². The van der Waals surface area contributed by atoms with Crippen molar-refractivity contribution in [2.24, 2.45) is 0 Å². The number of likely N-dealkylation sites (tertiary alicyclic amines) is 1. The second kappa shape index (κ2) is 8.18. The van der Waals surface area contributed by atoms with Crippen molar-refractivity contribution in [3.63, 3.8) is 0 Å². The first kappa shape index (κ1) is 14.4. The number of nitrogens with zero attached hydrogens (tertiary/aromatic N) is 1. The van der Waals surface area contributed by atoms with Gasteiger partial charge in [-0.15, -0.1) is 0 Å². The molecule has 1 aromatic rings. The quantitative estimate of drug-likeness (QED) is 0.726. The Morgan fingerprint density at radius 3 is 2.58 bits per heavy atom. The standard InChI is InChI=1S/C16H24N2O/c1-2-9-17-14-15-5-7-16(8-6-15)19-13-12-18-10-3-4-11-18/h1,5-8,17H,2-4,9-14H2. The van der Waals surface area contributed by atoms with E-state index in [0.717, 1.165) is 32.0 Å². The molecule has 0 aromatic heterocycles. The van der Waals surface area contributed by atoms with Crippen molar-refractivity contribution in [3.05, 3.63) is 36.8 Å². The third kappa shape index (κ3) is 5.21. The van der Waals surface area contributed by atoms with Crippen LogP contribution in [0.3, 0.4) is 0 Å². The van der Waals surface area contributed by atoms with Gasteiger partial charge in [-0.1, -0.05) is 12.1 Å². The molecule has 19 heavy (non-hydrogen) atoms. The Morgan fingerprint density at radius 2 is 1.89 bits per heavy atom. The van der Waals surface area contributed by atoms with Crippen molar-refractivity contribution < 1.29 is 4.74 Å². The van der Waals surface area contributed by atoms with E-state index in [2.05, 4.69) is 22.3 Å². The highest BCUT2D eigenvalue weighted by atomic mass is 16.5. The van der Waals surface area contributed by atoms with Crippen LogP contribution in [0.1, 0.15) is 24.8 Å². The highest BCUT2D eigenvalue weighted by molar-refractivity contribution is 5.27. The fourth-order valence-electron chi connectivity index (χ4n) is 2.34. The van der Waals surface area contributed by atoms with Crippen molar-refractivity contribution in [1.29, 1.82) is 0 Å². The summed E-state index contributed by atoms with van der Waals surface area (Å²) in [6.45, 7) is 11.4. The predicted molar refractivity (Wildman–Crippen MR) is 78.2 cm³/mol. The largest absolute Gasteiger partial charge is 0.492 e. The minimum absolute atomic E-state index is 0.678. The van der Waals surface area contributed by atoms with Crippen LogP contribution in [0.4, 0.5) is 0 Å². The summed E-state index contributed by atoms with van der Waals surface area (Å²) in [6.07, 6.45) is 3.35. The maximum Gasteiger partial charge on any atom is 0.119 e. The zero-order valence-electron chi connectivity index (χ0n) is 11.6. The Bertz CT molecular complexity index is 344. The summed E-state index contributed by atoms with van der Waals surface area (Å²) in [7, 11) is 0. The predicted octanol–water partition coefficient (Wildman–Crippen LogP) is 2.35. The molecule has 1 aliphatic rings. The Hall–Kier alpha value is -1.06. The number of benzene rings is 1. The lowest BCUT2D eigenvalue weighted by atomic mass is 10.2. The summed E-state index contributed by atoms with van der Waals surface area (Å²) in [4.78, 5) is 2.46. The Labute approximate surface area is 116 Å². The molecule has 0 spiro atoms. The molecule has 1 N–H and O–H groups in total. The average Bonchev–Trinajstić information content (AvgIpc) is 2.94. The molecule has 3 nitrogen and oxygen atoms in total. The van der Waals surface area contributed by atoms with Crippen LogP contribution in [0.2, 0.25) is 0 Å². The summed E-state index contributed by atoms with van der Waals surface area (Å²) >= 11 is 0. The third-order valence-electron chi connectivity index (χ3n) is 3.45. The van der Waals surface area contributed by atoms with E-state index in [-0.39, 0.29) is 0 Å². The second-order valence-corrected chi connectivity index (χ2v) is 5.01. The Morgan fingerprint density at radius 1 is 1.16 bits per heavy atom. The van der Waals surface area contributed by atoms with Crippen LogP contribution in [0.15, 0.2) is 24.3 Å². The van der Waals surface area contributed by atoms with Gasteiger partial charge >= 0.3 is 0 Å². The first-order valence-corrected chi connectivity index (χ1v) is 7.23. The molecule has 1 saturated heterocycles. The second-order valence-electron chi connectivity index (χ2n) is 5.01. The van der Waals surface area contributed by atoms with Crippen molar-refractivity contribution in [3.8, 4) is 5.75 Å². The third-order valence-corrected chi connectivity index (χ3v) is 3.45. The number of hydrogen-bond acceptors (Lipinski definition) is 3. The molecular formula is C16H24N2O. The average molecular weight is 260 g/mol. The normalized spacial score (nSPS) is 15.8. The summed E-state index contributed by atoms with van der Waals surface area (Å²) in [5.74, 6) is 0.960. The van der Waals surface area contributed by atoms with Crippen LogP contribution in [-0.2, 0) is 6.54 Å². The van der Waals surface area contributed by atoms with Crippen LogP contribution >= 0.6 is 0 Å². The van der Waals surface area contributed by atoms with Gasteiger partial charge in [0.15, 0.2) is 0 Å². The van der Waals surface area contributed by atoms with Gasteiger partial charge in [0.25, 0.3) is 0 Å². The molecule has 0 aliphatic carbocycles. The van der Waals surface area contributed by atoms with Crippen molar-refractivity contribution in [1.82, 2.24) is 10.2 Å². The molecule has 2 rings (SSSR count). The molecule has 1 fully saturated rings. The molecule has 0 unspecified atom stereocenters. The topological polar surface area (TPSA) is 24.5 Å². The highest BCUT2D eigenvalue weighted by Crippen LogP contribution is 2.13. The van der Waals surface area contributed by atoms with Gasteiger partial charge in [0.2, 0.25) is 0 Å². The molecule has 0 saturated carbocycles. The molecule has 1 aromatic carbocycles. The van der Waals surface area contributed by atoms with E-state index in [0.29, 0.717) is 6.42 Å². The molecule has 104 valence electrons. The van der Waals surface area contributed by atoms with Gasteiger partial charge in [-0.3, -0.25) is 4.90 Å². The summed E-state index contributed by atoms with van der Waals surface area (Å²) in [5.41, 5.74) is 1.26. The molecule has 2 radical (unpaired) electrons. The van der Waals surface area contributed by atoms with Gasteiger partial charge in [0.05, 0.1) is 0 Å². The molecule has 1 aliphatic heterocycles. The lowest BCUT2D eigenvalue weighted by Gasteiger charge is -2.15. The smallest absolute Gasteiger partial charge is 0.119 e. The van der Waals surface area contributed by atoms with E-state index in [1.165, 1.54) is 31.5 Å². The van der Waals surface area contributed by atoms with Gasteiger partial charge < -0.3 is 10.1 Å². The van der Waals surface area contributed by atoms with Gasteiger partial charge in [-0.05, 0) is 63.5 Å². The van der Waals surface area contributed by atoms with E-state index < -0.39 is 0 Å². The van der Waals surface area contributed by atoms with Crippen molar-refractivity contribution >= 4 is 0 Å². The van der Waals surface area contributed by atoms with Crippen LogP contribution in [0.5, 0.6) is 5.75 Å². The molecular weight excluding hydrogens is 236 g/mol. The zero-order valence-corrected chi connectivity index (χ0v) is 11.6. The first-order valence-electron chi connectivity index (χ1n) is 7.23. The summed E-state index contributed by atoms with van der Waals surface area (Å²) < 4.78 is 5.77. The minimum atomic E-state index is 0.678. The van der Waals surface area contributed by atoms with Gasteiger partial charge in [0, 0.05) is 13.1 Å². The van der Waals surface area contributed by atoms with Gasteiger partial charge in [-0.25, -0.2) is 0 Å². The monoisotopic (exact) mass is 260 g/mol.